The molecule has 2 rings (SSSR count). The monoisotopic (exact) mass is 283 g/mol. The lowest BCUT2D eigenvalue weighted by Crippen LogP contribution is -2.42. The first kappa shape index (κ1) is 11.9. The summed E-state index contributed by atoms with van der Waals surface area (Å²) in [6, 6.07) is 2.44. The molecule has 0 amide bonds. The van der Waals surface area contributed by atoms with E-state index < -0.39 is 0 Å². The number of nitrogens with two attached hydrogens (primary N) is 1. The number of nitrogens with zero attached hydrogens (tertiary/aromatic N) is 2. The highest BCUT2D eigenvalue weighted by molar-refractivity contribution is 9.10. The second-order valence-corrected chi connectivity index (χ2v) is 5.54. The van der Waals surface area contributed by atoms with Gasteiger partial charge < -0.3 is 10.6 Å². The number of aromatic nitrogens is 1. The topological polar surface area (TPSA) is 42.2 Å². The third-order valence-electron chi connectivity index (χ3n) is 3.23. The molecule has 2 N–H and O–H groups in total. The van der Waals surface area contributed by atoms with Gasteiger partial charge in [-0.1, -0.05) is 0 Å². The largest absolute Gasteiger partial charge is 0.358 e. The molecule has 1 aliphatic rings. The fraction of sp³-hybridized carbons (Fsp3) is 0.583. The van der Waals surface area contributed by atoms with Gasteiger partial charge in [0.1, 0.15) is 5.82 Å². The molecule has 1 heterocycles. The molecule has 0 atom stereocenters. The van der Waals surface area contributed by atoms with Crippen molar-refractivity contribution in [1.82, 2.24) is 4.98 Å². The van der Waals surface area contributed by atoms with E-state index in [4.69, 9.17) is 5.73 Å². The van der Waals surface area contributed by atoms with E-state index in [0.717, 1.165) is 35.6 Å². The van der Waals surface area contributed by atoms with Crippen molar-refractivity contribution in [3.63, 3.8) is 0 Å². The number of anilines is 1. The van der Waals surface area contributed by atoms with E-state index in [1.165, 1.54) is 5.56 Å². The summed E-state index contributed by atoms with van der Waals surface area (Å²) >= 11 is 3.59. The van der Waals surface area contributed by atoms with Gasteiger partial charge in [-0.2, -0.15) is 0 Å². The van der Waals surface area contributed by atoms with Crippen LogP contribution in [0.4, 0.5) is 5.82 Å². The second-order valence-electron chi connectivity index (χ2n) is 4.74. The number of hydrogen-bond acceptors (Lipinski definition) is 3. The Morgan fingerprint density at radius 3 is 2.88 bits per heavy atom. The first-order valence-corrected chi connectivity index (χ1v) is 6.45. The van der Waals surface area contributed by atoms with E-state index in [1.54, 1.807) is 0 Å². The minimum absolute atomic E-state index is 0.423. The standard InChI is InChI=1S/C12H18BrN3/c1-8-3-4-15-12(11(8)13)16(2)7-9-5-10(14)6-9/h3-4,9-10H,5-7,14H2,1-2H3. The quantitative estimate of drug-likeness (QED) is 0.926. The number of rotatable bonds is 3. The molecule has 0 aromatic carbocycles. The van der Waals surface area contributed by atoms with Gasteiger partial charge in [-0.15, -0.1) is 0 Å². The van der Waals surface area contributed by atoms with E-state index in [9.17, 15) is 0 Å². The summed E-state index contributed by atoms with van der Waals surface area (Å²) in [5, 5.41) is 0. The Morgan fingerprint density at radius 1 is 1.56 bits per heavy atom. The maximum Gasteiger partial charge on any atom is 0.142 e. The van der Waals surface area contributed by atoms with Crippen LogP contribution in [0.3, 0.4) is 0 Å². The van der Waals surface area contributed by atoms with Crippen molar-refractivity contribution < 1.29 is 0 Å². The van der Waals surface area contributed by atoms with Crippen molar-refractivity contribution in [1.29, 1.82) is 0 Å². The minimum atomic E-state index is 0.423. The highest BCUT2D eigenvalue weighted by Crippen LogP contribution is 2.30. The van der Waals surface area contributed by atoms with Crippen LogP contribution in [0.25, 0.3) is 0 Å². The maximum atomic E-state index is 5.79. The molecular weight excluding hydrogens is 266 g/mol. The van der Waals surface area contributed by atoms with E-state index >= 15 is 0 Å². The highest BCUT2D eigenvalue weighted by atomic mass is 79.9. The Bertz CT molecular complexity index is 375. The summed E-state index contributed by atoms with van der Waals surface area (Å²) in [5.41, 5.74) is 7.02. The smallest absolute Gasteiger partial charge is 0.142 e. The van der Waals surface area contributed by atoms with Crippen LogP contribution in [0, 0.1) is 12.8 Å². The lowest BCUT2D eigenvalue weighted by Gasteiger charge is -2.35. The maximum absolute atomic E-state index is 5.79. The molecule has 1 aromatic heterocycles. The van der Waals surface area contributed by atoms with Gasteiger partial charge in [0.25, 0.3) is 0 Å². The molecule has 0 spiro atoms. The van der Waals surface area contributed by atoms with Gasteiger partial charge >= 0.3 is 0 Å². The zero-order chi connectivity index (χ0) is 11.7. The summed E-state index contributed by atoms with van der Waals surface area (Å²) in [6.45, 7) is 3.13. The van der Waals surface area contributed by atoms with Crippen LogP contribution in [0.5, 0.6) is 0 Å². The van der Waals surface area contributed by atoms with Crippen molar-refractivity contribution in [2.75, 3.05) is 18.5 Å². The summed E-state index contributed by atoms with van der Waals surface area (Å²) in [4.78, 5) is 6.63. The molecule has 3 nitrogen and oxygen atoms in total. The van der Waals surface area contributed by atoms with Crippen LogP contribution < -0.4 is 10.6 Å². The third-order valence-corrected chi connectivity index (χ3v) is 4.21. The minimum Gasteiger partial charge on any atom is -0.358 e. The first-order valence-electron chi connectivity index (χ1n) is 5.65. The molecule has 88 valence electrons. The predicted octanol–water partition coefficient (Wildman–Crippen LogP) is 2.33. The number of halogens is 1. The van der Waals surface area contributed by atoms with E-state index in [0.29, 0.717) is 6.04 Å². The van der Waals surface area contributed by atoms with Crippen molar-refractivity contribution in [2.24, 2.45) is 11.7 Å². The van der Waals surface area contributed by atoms with Crippen molar-refractivity contribution in [3.05, 3.63) is 22.3 Å². The fourth-order valence-corrected chi connectivity index (χ4v) is 2.74. The first-order chi connectivity index (χ1) is 7.58. The second kappa shape index (κ2) is 4.72. The van der Waals surface area contributed by atoms with E-state index in [1.807, 2.05) is 12.3 Å². The van der Waals surface area contributed by atoms with Crippen molar-refractivity contribution in [2.45, 2.75) is 25.8 Å². The van der Waals surface area contributed by atoms with Crippen LogP contribution >= 0.6 is 15.9 Å². The Morgan fingerprint density at radius 2 is 2.25 bits per heavy atom. The van der Waals surface area contributed by atoms with Gasteiger partial charge in [0.15, 0.2) is 0 Å². The van der Waals surface area contributed by atoms with Crippen LogP contribution in [-0.4, -0.2) is 24.6 Å². The zero-order valence-electron chi connectivity index (χ0n) is 9.78. The number of aryl methyl sites for hydroxylation is 1. The SMILES string of the molecule is Cc1ccnc(N(C)CC2CC(N)C2)c1Br. The fourth-order valence-electron chi connectivity index (χ4n) is 2.20. The summed E-state index contributed by atoms with van der Waals surface area (Å²) in [5.74, 6) is 1.76. The van der Waals surface area contributed by atoms with Crippen LogP contribution in [0.15, 0.2) is 16.7 Å². The van der Waals surface area contributed by atoms with Gasteiger partial charge in [-0.25, -0.2) is 4.98 Å². The Labute approximate surface area is 105 Å². The van der Waals surface area contributed by atoms with Gasteiger partial charge in [-0.3, -0.25) is 0 Å². The number of pyridine rings is 1. The van der Waals surface area contributed by atoms with Gasteiger partial charge in [-0.05, 0) is 53.2 Å². The van der Waals surface area contributed by atoms with Crippen LogP contribution in [-0.2, 0) is 0 Å². The van der Waals surface area contributed by atoms with Gasteiger partial charge in [0, 0.05) is 25.8 Å². The summed E-state index contributed by atoms with van der Waals surface area (Å²) in [6.07, 6.45) is 4.15. The Kier molecular flexibility index (Phi) is 3.50. The number of hydrogen-bond donors (Lipinski definition) is 1. The molecule has 16 heavy (non-hydrogen) atoms. The molecule has 1 saturated carbocycles. The lowest BCUT2D eigenvalue weighted by atomic mass is 9.80. The van der Waals surface area contributed by atoms with E-state index in [2.05, 4.69) is 39.8 Å². The third kappa shape index (κ3) is 2.38. The summed E-state index contributed by atoms with van der Waals surface area (Å²) < 4.78 is 1.10. The van der Waals surface area contributed by atoms with Crippen molar-refractivity contribution in [3.8, 4) is 0 Å². The molecule has 0 radical (unpaired) electrons. The molecular formula is C12H18BrN3. The molecule has 0 unspecified atom stereocenters. The highest BCUT2D eigenvalue weighted by Gasteiger charge is 2.27. The predicted molar refractivity (Wildman–Crippen MR) is 70.6 cm³/mol. The van der Waals surface area contributed by atoms with Gasteiger partial charge in [0.05, 0.1) is 4.47 Å². The van der Waals surface area contributed by atoms with Gasteiger partial charge in [0.2, 0.25) is 0 Å². The van der Waals surface area contributed by atoms with Crippen LogP contribution in [0.1, 0.15) is 18.4 Å². The molecule has 1 aromatic rings. The molecule has 4 heteroatoms. The molecule has 0 aliphatic heterocycles. The molecule has 1 aliphatic carbocycles. The molecule has 1 fully saturated rings. The average Bonchev–Trinajstić information content (AvgIpc) is 2.19. The Balaban J connectivity index is 2.03. The summed E-state index contributed by atoms with van der Waals surface area (Å²) in [7, 11) is 2.09. The Hall–Kier alpha value is -0.610. The average molecular weight is 284 g/mol. The normalized spacial score (nSPS) is 24.0. The van der Waals surface area contributed by atoms with Crippen molar-refractivity contribution >= 4 is 21.7 Å². The molecule has 0 bridgehead atoms. The van der Waals surface area contributed by atoms with E-state index in [-0.39, 0.29) is 0 Å². The lowest BCUT2D eigenvalue weighted by molar-refractivity contribution is 0.270. The zero-order valence-corrected chi connectivity index (χ0v) is 11.4. The van der Waals surface area contributed by atoms with Crippen LogP contribution in [0.2, 0.25) is 0 Å². The molecule has 0 saturated heterocycles.